The lowest BCUT2D eigenvalue weighted by atomic mass is 9.93. The Hall–Kier alpha value is -1.33. The molecule has 2 atom stereocenters. The van der Waals surface area contributed by atoms with Crippen molar-refractivity contribution in [2.45, 2.75) is 31.3 Å². The number of pyridine rings is 1. The van der Waals surface area contributed by atoms with Gasteiger partial charge in [0.05, 0.1) is 12.3 Å². The maximum Gasteiger partial charge on any atom is 0.151 e. The maximum atomic E-state index is 9.47. The Labute approximate surface area is 114 Å². The smallest absolute Gasteiger partial charge is 0.151 e. The standard InChI is InChI=1S/C14H22N4O/c15-13-5-2-6-16-14(13)17-7-8-18-11(9-17)3-1-4-12(18)10-19/h2,5-6,11-12,19H,1,3-4,7-10,15H2/t11-,12+/m0/s1. The average Bonchev–Trinajstić information content (AvgIpc) is 2.46. The molecule has 0 radical (unpaired) electrons. The van der Waals surface area contributed by atoms with Crippen molar-refractivity contribution in [2.75, 3.05) is 36.9 Å². The van der Waals surface area contributed by atoms with E-state index in [0.717, 1.165) is 37.6 Å². The second kappa shape index (κ2) is 5.35. The molecule has 104 valence electrons. The van der Waals surface area contributed by atoms with Crippen LogP contribution in [0.15, 0.2) is 18.3 Å². The first-order valence-corrected chi connectivity index (χ1v) is 7.11. The molecule has 3 N–H and O–H groups in total. The van der Waals surface area contributed by atoms with E-state index in [2.05, 4.69) is 14.8 Å². The normalized spacial score (nSPS) is 28.2. The van der Waals surface area contributed by atoms with E-state index in [-0.39, 0.29) is 6.61 Å². The quantitative estimate of drug-likeness (QED) is 0.821. The summed E-state index contributed by atoms with van der Waals surface area (Å²) in [6, 6.07) is 4.66. The maximum absolute atomic E-state index is 9.47. The highest BCUT2D eigenvalue weighted by atomic mass is 16.3. The highest BCUT2D eigenvalue weighted by Crippen LogP contribution is 2.29. The van der Waals surface area contributed by atoms with E-state index < -0.39 is 0 Å². The lowest BCUT2D eigenvalue weighted by Crippen LogP contribution is -2.59. The van der Waals surface area contributed by atoms with Crippen LogP contribution < -0.4 is 10.6 Å². The van der Waals surface area contributed by atoms with Crippen LogP contribution in [-0.2, 0) is 0 Å². The van der Waals surface area contributed by atoms with Gasteiger partial charge < -0.3 is 15.7 Å². The number of piperazine rings is 1. The third-order valence-electron chi connectivity index (χ3n) is 4.40. The van der Waals surface area contributed by atoms with Crippen LogP contribution in [0, 0.1) is 0 Å². The summed E-state index contributed by atoms with van der Waals surface area (Å²) >= 11 is 0. The summed E-state index contributed by atoms with van der Waals surface area (Å²) in [5.41, 5.74) is 6.77. The summed E-state index contributed by atoms with van der Waals surface area (Å²) < 4.78 is 0. The monoisotopic (exact) mass is 262 g/mol. The Bertz CT molecular complexity index is 439. The number of nitrogens with two attached hydrogens (primary N) is 1. The molecule has 0 amide bonds. The van der Waals surface area contributed by atoms with Crippen molar-refractivity contribution in [3.05, 3.63) is 18.3 Å². The molecular formula is C14H22N4O. The molecule has 0 unspecified atom stereocenters. The van der Waals surface area contributed by atoms with E-state index in [4.69, 9.17) is 5.73 Å². The van der Waals surface area contributed by atoms with Gasteiger partial charge in [0.1, 0.15) is 0 Å². The van der Waals surface area contributed by atoms with Crippen LogP contribution in [0.1, 0.15) is 19.3 Å². The number of fused-ring (bicyclic) bond motifs is 1. The van der Waals surface area contributed by atoms with Crippen molar-refractivity contribution in [3.63, 3.8) is 0 Å². The van der Waals surface area contributed by atoms with E-state index in [0.29, 0.717) is 12.1 Å². The first-order valence-electron chi connectivity index (χ1n) is 7.11. The fourth-order valence-corrected chi connectivity index (χ4v) is 3.42. The fraction of sp³-hybridized carbons (Fsp3) is 0.643. The van der Waals surface area contributed by atoms with Crippen LogP contribution in [0.5, 0.6) is 0 Å². The lowest BCUT2D eigenvalue weighted by molar-refractivity contribution is 0.0369. The molecule has 0 spiro atoms. The second-order valence-corrected chi connectivity index (χ2v) is 5.52. The number of hydrogen-bond donors (Lipinski definition) is 2. The molecule has 2 aliphatic rings. The number of nitrogen functional groups attached to an aromatic ring is 1. The predicted octanol–water partition coefficient (Wildman–Crippen LogP) is 0.699. The number of nitrogens with zero attached hydrogens (tertiary/aromatic N) is 3. The molecule has 5 heteroatoms. The molecule has 1 aromatic rings. The zero-order valence-electron chi connectivity index (χ0n) is 11.2. The zero-order valence-corrected chi connectivity index (χ0v) is 11.2. The second-order valence-electron chi connectivity index (χ2n) is 5.52. The van der Waals surface area contributed by atoms with Gasteiger partial charge in [0.25, 0.3) is 0 Å². The van der Waals surface area contributed by atoms with Crippen LogP contribution in [0.25, 0.3) is 0 Å². The number of hydrogen-bond acceptors (Lipinski definition) is 5. The molecule has 0 aliphatic carbocycles. The molecule has 0 bridgehead atoms. The lowest BCUT2D eigenvalue weighted by Gasteiger charge is -2.48. The molecule has 1 aromatic heterocycles. The average molecular weight is 262 g/mol. The van der Waals surface area contributed by atoms with Crippen molar-refractivity contribution in [1.29, 1.82) is 0 Å². The molecule has 2 aliphatic heterocycles. The van der Waals surface area contributed by atoms with E-state index in [9.17, 15) is 5.11 Å². The van der Waals surface area contributed by atoms with Crippen molar-refractivity contribution < 1.29 is 5.11 Å². The number of aliphatic hydroxyl groups excluding tert-OH is 1. The van der Waals surface area contributed by atoms with Crippen molar-refractivity contribution >= 4 is 11.5 Å². The van der Waals surface area contributed by atoms with Crippen LogP contribution in [-0.4, -0.2) is 53.3 Å². The summed E-state index contributed by atoms with van der Waals surface area (Å²) in [5, 5.41) is 9.47. The molecule has 5 nitrogen and oxygen atoms in total. The largest absolute Gasteiger partial charge is 0.396 e. The van der Waals surface area contributed by atoms with Gasteiger partial charge in [0, 0.05) is 37.9 Å². The minimum absolute atomic E-state index is 0.280. The van der Waals surface area contributed by atoms with Gasteiger partial charge in [-0.3, -0.25) is 4.90 Å². The molecule has 3 heterocycles. The Kier molecular flexibility index (Phi) is 3.57. The van der Waals surface area contributed by atoms with E-state index in [1.165, 1.54) is 12.8 Å². The van der Waals surface area contributed by atoms with E-state index in [1.54, 1.807) is 6.20 Å². The first-order chi connectivity index (χ1) is 9.29. The third-order valence-corrected chi connectivity index (χ3v) is 4.40. The number of piperidine rings is 1. The number of aromatic nitrogens is 1. The van der Waals surface area contributed by atoms with Crippen LogP contribution >= 0.6 is 0 Å². The highest BCUT2D eigenvalue weighted by Gasteiger charge is 2.35. The Balaban J connectivity index is 1.74. The van der Waals surface area contributed by atoms with Crippen molar-refractivity contribution in [2.24, 2.45) is 0 Å². The topological polar surface area (TPSA) is 65.6 Å². The highest BCUT2D eigenvalue weighted by molar-refractivity contribution is 5.62. The zero-order chi connectivity index (χ0) is 13.2. The first kappa shape index (κ1) is 12.7. The third kappa shape index (κ3) is 2.40. The van der Waals surface area contributed by atoms with Gasteiger partial charge in [-0.2, -0.15) is 0 Å². The number of aliphatic hydroxyl groups is 1. The summed E-state index contributed by atoms with van der Waals surface area (Å²) in [5.74, 6) is 0.910. The predicted molar refractivity (Wildman–Crippen MR) is 76.1 cm³/mol. The summed E-state index contributed by atoms with van der Waals surface area (Å²) in [7, 11) is 0. The van der Waals surface area contributed by atoms with Crippen LogP contribution in [0.4, 0.5) is 11.5 Å². The van der Waals surface area contributed by atoms with E-state index in [1.807, 2.05) is 12.1 Å². The van der Waals surface area contributed by atoms with Gasteiger partial charge >= 0.3 is 0 Å². The summed E-state index contributed by atoms with van der Waals surface area (Å²) in [4.78, 5) is 9.17. The molecule has 0 aromatic carbocycles. The Morgan fingerprint density at radius 3 is 3.05 bits per heavy atom. The van der Waals surface area contributed by atoms with Crippen LogP contribution in [0.3, 0.4) is 0 Å². The summed E-state index contributed by atoms with van der Waals surface area (Å²) in [6.45, 7) is 3.18. The van der Waals surface area contributed by atoms with Gasteiger partial charge in [0.15, 0.2) is 5.82 Å². The van der Waals surface area contributed by atoms with Crippen molar-refractivity contribution in [1.82, 2.24) is 9.88 Å². The molecule has 2 fully saturated rings. The fourth-order valence-electron chi connectivity index (χ4n) is 3.42. The summed E-state index contributed by atoms with van der Waals surface area (Å²) in [6.07, 6.45) is 5.34. The minimum atomic E-state index is 0.280. The van der Waals surface area contributed by atoms with Gasteiger partial charge in [-0.1, -0.05) is 6.42 Å². The van der Waals surface area contributed by atoms with Gasteiger partial charge in [-0.25, -0.2) is 4.98 Å². The minimum Gasteiger partial charge on any atom is -0.396 e. The van der Waals surface area contributed by atoms with Gasteiger partial charge in [0.2, 0.25) is 0 Å². The SMILES string of the molecule is Nc1cccnc1N1CCN2[C@@H](CO)CCC[C@H]2C1. The molecule has 2 saturated heterocycles. The molecule has 3 rings (SSSR count). The van der Waals surface area contributed by atoms with Crippen LogP contribution in [0.2, 0.25) is 0 Å². The molecule has 19 heavy (non-hydrogen) atoms. The molecular weight excluding hydrogens is 240 g/mol. The molecule has 0 saturated carbocycles. The van der Waals surface area contributed by atoms with Crippen molar-refractivity contribution in [3.8, 4) is 0 Å². The Morgan fingerprint density at radius 2 is 2.26 bits per heavy atom. The van der Waals surface area contributed by atoms with Gasteiger partial charge in [-0.15, -0.1) is 0 Å². The van der Waals surface area contributed by atoms with E-state index >= 15 is 0 Å². The Morgan fingerprint density at radius 1 is 1.37 bits per heavy atom. The van der Waals surface area contributed by atoms with Gasteiger partial charge in [-0.05, 0) is 25.0 Å². The number of rotatable bonds is 2. The number of anilines is 2.